The molecule has 0 aliphatic carbocycles. The fourth-order valence-electron chi connectivity index (χ4n) is 2.44. The predicted molar refractivity (Wildman–Crippen MR) is 66.7 cm³/mol. The standard InChI is InChI=1S/C13H20N2O/c1-10(8-14)15-7-6-11(9-16)12-4-2-3-5-13(12)15/h2-5,10-11,16H,6-9,14H2,1H3/t10-,11+/m1/s1. The molecule has 88 valence electrons. The van der Waals surface area contributed by atoms with Crippen LogP contribution in [-0.4, -0.2) is 30.8 Å². The van der Waals surface area contributed by atoms with Crippen molar-refractivity contribution in [3.05, 3.63) is 29.8 Å². The summed E-state index contributed by atoms with van der Waals surface area (Å²) in [4.78, 5) is 2.35. The maximum Gasteiger partial charge on any atom is 0.0501 e. The van der Waals surface area contributed by atoms with E-state index in [0.29, 0.717) is 12.6 Å². The van der Waals surface area contributed by atoms with E-state index in [9.17, 15) is 5.11 Å². The zero-order chi connectivity index (χ0) is 11.5. The van der Waals surface area contributed by atoms with Gasteiger partial charge in [0.05, 0.1) is 6.61 Å². The maximum absolute atomic E-state index is 9.38. The van der Waals surface area contributed by atoms with Crippen LogP contribution in [0.15, 0.2) is 24.3 Å². The van der Waals surface area contributed by atoms with Gasteiger partial charge in [-0.3, -0.25) is 0 Å². The molecule has 2 rings (SSSR count). The van der Waals surface area contributed by atoms with Gasteiger partial charge in [0.2, 0.25) is 0 Å². The number of benzene rings is 1. The van der Waals surface area contributed by atoms with Crippen LogP contribution in [0.1, 0.15) is 24.8 Å². The number of rotatable bonds is 3. The second-order valence-corrected chi connectivity index (χ2v) is 4.51. The van der Waals surface area contributed by atoms with Gasteiger partial charge in [0.25, 0.3) is 0 Å². The van der Waals surface area contributed by atoms with Crippen LogP contribution in [-0.2, 0) is 0 Å². The lowest BCUT2D eigenvalue weighted by atomic mass is 9.90. The molecule has 0 spiro atoms. The molecule has 0 unspecified atom stereocenters. The summed E-state index contributed by atoms with van der Waals surface area (Å²) < 4.78 is 0. The first-order valence-corrected chi connectivity index (χ1v) is 5.94. The molecule has 1 aliphatic rings. The van der Waals surface area contributed by atoms with Crippen LogP contribution in [0.5, 0.6) is 0 Å². The summed E-state index contributed by atoms with van der Waals surface area (Å²) in [5, 5.41) is 9.38. The summed E-state index contributed by atoms with van der Waals surface area (Å²) in [6.45, 7) is 4.04. The Labute approximate surface area is 96.9 Å². The van der Waals surface area contributed by atoms with Crippen LogP contribution < -0.4 is 10.6 Å². The minimum absolute atomic E-state index is 0.238. The van der Waals surface area contributed by atoms with Crippen molar-refractivity contribution in [1.82, 2.24) is 0 Å². The number of para-hydroxylation sites is 1. The van der Waals surface area contributed by atoms with Crippen molar-refractivity contribution in [1.29, 1.82) is 0 Å². The number of hydrogen-bond acceptors (Lipinski definition) is 3. The molecular formula is C13H20N2O. The number of anilines is 1. The summed E-state index contributed by atoms with van der Waals surface area (Å²) in [5.74, 6) is 0.289. The zero-order valence-corrected chi connectivity index (χ0v) is 9.76. The molecule has 2 atom stereocenters. The predicted octanol–water partition coefficient (Wildman–Crippen LogP) is 1.32. The first kappa shape index (κ1) is 11.4. The van der Waals surface area contributed by atoms with Crippen LogP contribution in [0.4, 0.5) is 5.69 Å². The van der Waals surface area contributed by atoms with Crippen molar-refractivity contribution in [3.63, 3.8) is 0 Å². The van der Waals surface area contributed by atoms with Gasteiger partial charge in [0.1, 0.15) is 0 Å². The highest BCUT2D eigenvalue weighted by Crippen LogP contribution is 2.35. The smallest absolute Gasteiger partial charge is 0.0501 e. The van der Waals surface area contributed by atoms with Crippen LogP contribution >= 0.6 is 0 Å². The van der Waals surface area contributed by atoms with Gasteiger partial charge in [0, 0.05) is 30.7 Å². The van der Waals surface area contributed by atoms with Crippen molar-refractivity contribution >= 4 is 5.69 Å². The Balaban J connectivity index is 2.35. The largest absolute Gasteiger partial charge is 0.396 e. The molecule has 3 N–H and O–H groups in total. The molecule has 3 nitrogen and oxygen atoms in total. The Morgan fingerprint density at radius 1 is 1.50 bits per heavy atom. The second kappa shape index (κ2) is 4.85. The van der Waals surface area contributed by atoms with E-state index in [0.717, 1.165) is 13.0 Å². The topological polar surface area (TPSA) is 49.5 Å². The third kappa shape index (κ3) is 1.93. The quantitative estimate of drug-likeness (QED) is 0.807. The molecule has 1 aromatic rings. The highest BCUT2D eigenvalue weighted by Gasteiger charge is 2.26. The van der Waals surface area contributed by atoms with E-state index in [1.165, 1.54) is 11.3 Å². The van der Waals surface area contributed by atoms with Gasteiger partial charge in [0.15, 0.2) is 0 Å². The van der Waals surface area contributed by atoms with Crippen LogP contribution in [0, 0.1) is 0 Å². The first-order chi connectivity index (χ1) is 7.77. The molecule has 0 fully saturated rings. The molecule has 1 aromatic carbocycles. The van der Waals surface area contributed by atoms with E-state index in [1.54, 1.807) is 0 Å². The Kier molecular flexibility index (Phi) is 3.46. The lowest BCUT2D eigenvalue weighted by molar-refractivity contribution is 0.256. The van der Waals surface area contributed by atoms with Crippen molar-refractivity contribution in [2.24, 2.45) is 5.73 Å². The van der Waals surface area contributed by atoms with E-state index in [4.69, 9.17) is 5.73 Å². The molecule has 0 amide bonds. The van der Waals surface area contributed by atoms with Gasteiger partial charge in [-0.15, -0.1) is 0 Å². The number of aliphatic hydroxyl groups excluding tert-OH is 1. The summed E-state index contributed by atoms with van der Waals surface area (Å²) in [7, 11) is 0. The number of nitrogens with two attached hydrogens (primary N) is 1. The molecule has 0 saturated heterocycles. The highest BCUT2D eigenvalue weighted by molar-refractivity contribution is 5.57. The van der Waals surface area contributed by atoms with Gasteiger partial charge in [-0.05, 0) is 25.0 Å². The third-order valence-electron chi connectivity index (χ3n) is 3.50. The zero-order valence-electron chi connectivity index (χ0n) is 9.76. The van der Waals surface area contributed by atoms with Crippen LogP contribution in [0.25, 0.3) is 0 Å². The minimum atomic E-state index is 0.238. The molecule has 1 heterocycles. The lowest BCUT2D eigenvalue weighted by Gasteiger charge is -2.38. The van der Waals surface area contributed by atoms with E-state index < -0.39 is 0 Å². The number of aliphatic hydroxyl groups is 1. The highest BCUT2D eigenvalue weighted by atomic mass is 16.3. The van der Waals surface area contributed by atoms with E-state index in [2.05, 4.69) is 30.0 Å². The first-order valence-electron chi connectivity index (χ1n) is 5.94. The van der Waals surface area contributed by atoms with E-state index >= 15 is 0 Å². The van der Waals surface area contributed by atoms with Crippen molar-refractivity contribution < 1.29 is 5.11 Å². The molecular weight excluding hydrogens is 200 g/mol. The van der Waals surface area contributed by atoms with Crippen molar-refractivity contribution in [2.75, 3.05) is 24.6 Å². The van der Waals surface area contributed by atoms with Gasteiger partial charge in [-0.1, -0.05) is 18.2 Å². The number of nitrogens with zero attached hydrogens (tertiary/aromatic N) is 1. The van der Waals surface area contributed by atoms with Crippen molar-refractivity contribution in [3.8, 4) is 0 Å². The molecule has 0 bridgehead atoms. The van der Waals surface area contributed by atoms with Crippen molar-refractivity contribution in [2.45, 2.75) is 25.3 Å². The van der Waals surface area contributed by atoms with Gasteiger partial charge < -0.3 is 15.7 Å². The molecule has 0 radical (unpaired) electrons. The maximum atomic E-state index is 9.38. The Bertz CT molecular complexity index is 354. The van der Waals surface area contributed by atoms with E-state index in [-0.39, 0.29) is 12.5 Å². The molecule has 3 heteroatoms. The molecule has 0 aromatic heterocycles. The Morgan fingerprint density at radius 2 is 2.25 bits per heavy atom. The SMILES string of the molecule is C[C@H](CN)N1CC[C@@H](CO)c2ccccc21. The second-order valence-electron chi connectivity index (χ2n) is 4.51. The van der Waals surface area contributed by atoms with E-state index in [1.807, 2.05) is 6.07 Å². The molecule has 0 saturated carbocycles. The fourth-order valence-corrected chi connectivity index (χ4v) is 2.44. The molecule has 1 aliphatic heterocycles. The van der Waals surface area contributed by atoms with Gasteiger partial charge in [-0.25, -0.2) is 0 Å². The van der Waals surface area contributed by atoms with Crippen LogP contribution in [0.3, 0.4) is 0 Å². The minimum Gasteiger partial charge on any atom is -0.396 e. The van der Waals surface area contributed by atoms with Crippen LogP contribution in [0.2, 0.25) is 0 Å². The summed E-state index contributed by atoms with van der Waals surface area (Å²) in [6, 6.07) is 8.70. The number of hydrogen-bond donors (Lipinski definition) is 2. The molecule has 16 heavy (non-hydrogen) atoms. The monoisotopic (exact) mass is 220 g/mol. The lowest BCUT2D eigenvalue weighted by Crippen LogP contribution is -2.42. The van der Waals surface area contributed by atoms with Gasteiger partial charge >= 0.3 is 0 Å². The summed E-state index contributed by atoms with van der Waals surface area (Å²) in [6.07, 6.45) is 1.01. The van der Waals surface area contributed by atoms with Gasteiger partial charge in [-0.2, -0.15) is 0 Å². The third-order valence-corrected chi connectivity index (χ3v) is 3.50. The normalized spacial score (nSPS) is 21.7. The fraction of sp³-hybridized carbons (Fsp3) is 0.538. The Hall–Kier alpha value is -1.06. The number of fused-ring (bicyclic) bond motifs is 1. The Morgan fingerprint density at radius 3 is 2.94 bits per heavy atom. The average molecular weight is 220 g/mol. The average Bonchev–Trinajstić information content (AvgIpc) is 2.36. The summed E-state index contributed by atoms with van der Waals surface area (Å²) >= 11 is 0. The summed E-state index contributed by atoms with van der Waals surface area (Å²) in [5.41, 5.74) is 8.24.